The molecule has 0 bridgehead atoms. The molecule has 0 aliphatic carbocycles. The van der Waals surface area contributed by atoms with Crippen molar-refractivity contribution in [3.05, 3.63) is 54.1 Å². The zero-order valence-corrected chi connectivity index (χ0v) is 15.1. The molecule has 0 heterocycles. The summed E-state index contributed by atoms with van der Waals surface area (Å²) in [6.45, 7) is 3.80. The van der Waals surface area contributed by atoms with Gasteiger partial charge in [0.15, 0.2) is 0 Å². The molecule has 0 radical (unpaired) electrons. The lowest BCUT2D eigenvalue weighted by molar-refractivity contribution is -0.117. The number of aryl methyl sites for hydroxylation is 1. The van der Waals surface area contributed by atoms with Gasteiger partial charge >= 0.3 is 0 Å². The molecular weight excluding hydrogens is 316 g/mol. The van der Waals surface area contributed by atoms with Crippen molar-refractivity contribution in [3.63, 3.8) is 0 Å². The molecule has 25 heavy (non-hydrogen) atoms. The Morgan fingerprint density at radius 1 is 1.12 bits per heavy atom. The minimum atomic E-state index is -0.0347. The number of nitrogens with one attached hydrogen (secondary N) is 1. The third-order valence-electron chi connectivity index (χ3n) is 3.82. The molecule has 2 aromatic rings. The molecule has 0 spiro atoms. The third-order valence-corrected chi connectivity index (χ3v) is 3.82. The maximum absolute atomic E-state index is 12.1. The van der Waals surface area contributed by atoms with Crippen LogP contribution in [0.15, 0.2) is 48.5 Å². The molecule has 1 amide bonds. The van der Waals surface area contributed by atoms with Gasteiger partial charge in [-0.25, -0.2) is 0 Å². The zero-order valence-electron chi connectivity index (χ0n) is 15.1. The standard InChI is InChI=1S/C20H26N2O3/c1-16-7-4-5-8-19(16)25-14-6-13-22(2)15-20(23)21-17-9-11-18(24-3)12-10-17/h4-5,7-12H,6,13-15H2,1-3H3,(H,21,23). The maximum atomic E-state index is 12.1. The van der Waals surface area contributed by atoms with Crippen LogP contribution in [0.1, 0.15) is 12.0 Å². The van der Waals surface area contributed by atoms with E-state index >= 15 is 0 Å². The number of benzene rings is 2. The van der Waals surface area contributed by atoms with Gasteiger partial charge in [0, 0.05) is 12.2 Å². The zero-order chi connectivity index (χ0) is 18.1. The predicted molar refractivity (Wildman–Crippen MR) is 100 cm³/mol. The van der Waals surface area contributed by atoms with Gasteiger partial charge in [0.2, 0.25) is 5.91 Å². The van der Waals surface area contributed by atoms with Crippen LogP contribution in [0.2, 0.25) is 0 Å². The van der Waals surface area contributed by atoms with Crippen molar-refractivity contribution >= 4 is 11.6 Å². The highest BCUT2D eigenvalue weighted by molar-refractivity contribution is 5.92. The fourth-order valence-corrected chi connectivity index (χ4v) is 2.43. The van der Waals surface area contributed by atoms with E-state index in [1.54, 1.807) is 7.11 Å². The van der Waals surface area contributed by atoms with Gasteiger partial charge < -0.3 is 14.8 Å². The highest BCUT2D eigenvalue weighted by atomic mass is 16.5. The monoisotopic (exact) mass is 342 g/mol. The topological polar surface area (TPSA) is 50.8 Å². The van der Waals surface area contributed by atoms with Gasteiger partial charge in [-0.15, -0.1) is 0 Å². The molecule has 5 heteroatoms. The highest BCUT2D eigenvalue weighted by Gasteiger charge is 2.07. The summed E-state index contributed by atoms with van der Waals surface area (Å²) in [6.07, 6.45) is 0.862. The lowest BCUT2D eigenvalue weighted by Crippen LogP contribution is -2.31. The lowest BCUT2D eigenvalue weighted by Gasteiger charge is -2.17. The first kappa shape index (κ1) is 18.8. The van der Waals surface area contributed by atoms with Crippen molar-refractivity contribution in [3.8, 4) is 11.5 Å². The molecule has 0 saturated carbocycles. The van der Waals surface area contributed by atoms with E-state index in [1.165, 1.54) is 0 Å². The largest absolute Gasteiger partial charge is 0.497 e. The van der Waals surface area contributed by atoms with E-state index in [9.17, 15) is 4.79 Å². The first-order chi connectivity index (χ1) is 12.1. The van der Waals surface area contributed by atoms with Crippen LogP contribution in [-0.4, -0.2) is 44.7 Å². The summed E-state index contributed by atoms with van der Waals surface area (Å²) in [5, 5.41) is 2.88. The van der Waals surface area contributed by atoms with Gasteiger partial charge in [0.05, 0.1) is 20.3 Å². The molecule has 0 aliphatic rings. The molecule has 0 aromatic heterocycles. The first-order valence-corrected chi connectivity index (χ1v) is 8.39. The highest BCUT2D eigenvalue weighted by Crippen LogP contribution is 2.16. The van der Waals surface area contributed by atoms with Crippen LogP contribution < -0.4 is 14.8 Å². The van der Waals surface area contributed by atoms with Gasteiger partial charge in [-0.3, -0.25) is 9.69 Å². The van der Waals surface area contributed by atoms with Gasteiger partial charge in [0.1, 0.15) is 11.5 Å². The number of carbonyl (C=O) groups excluding carboxylic acids is 1. The van der Waals surface area contributed by atoms with E-state index in [2.05, 4.69) is 5.32 Å². The lowest BCUT2D eigenvalue weighted by atomic mass is 10.2. The molecular formula is C20H26N2O3. The Kier molecular flexibility index (Phi) is 7.29. The molecule has 0 unspecified atom stereocenters. The number of ether oxygens (including phenoxy) is 2. The Labute approximate surface area is 149 Å². The normalized spacial score (nSPS) is 10.6. The van der Waals surface area contributed by atoms with E-state index in [0.29, 0.717) is 13.2 Å². The second kappa shape index (κ2) is 9.69. The van der Waals surface area contributed by atoms with Crippen molar-refractivity contribution in [2.45, 2.75) is 13.3 Å². The summed E-state index contributed by atoms with van der Waals surface area (Å²) < 4.78 is 10.9. The number of rotatable bonds is 9. The second-order valence-electron chi connectivity index (χ2n) is 5.98. The minimum absolute atomic E-state index is 0.0347. The number of hydrogen-bond acceptors (Lipinski definition) is 4. The summed E-state index contributed by atoms with van der Waals surface area (Å²) in [5.74, 6) is 1.65. The van der Waals surface area contributed by atoms with Crippen LogP contribution in [-0.2, 0) is 4.79 Å². The van der Waals surface area contributed by atoms with Gasteiger partial charge in [-0.1, -0.05) is 18.2 Å². The number of likely N-dealkylation sites (N-methyl/N-ethyl adjacent to an activating group) is 1. The molecule has 0 aliphatic heterocycles. The van der Waals surface area contributed by atoms with Gasteiger partial charge in [-0.05, 0) is 56.3 Å². The minimum Gasteiger partial charge on any atom is -0.497 e. The number of para-hydroxylation sites is 1. The Morgan fingerprint density at radius 3 is 2.52 bits per heavy atom. The number of nitrogens with zero attached hydrogens (tertiary/aromatic N) is 1. The Bertz CT molecular complexity index is 671. The van der Waals surface area contributed by atoms with Crippen molar-refractivity contribution in [1.82, 2.24) is 4.90 Å². The third kappa shape index (κ3) is 6.47. The van der Waals surface area contributed by atoms with Crippen molar-refractivity contribution in [2.24, 2.45) is 0 Å². The molecule has 0 atom stereocenters. The van der Waals surface area contributed by atoms with Crippen LogP contribution in [0.4, 0.5) is 5.69 Å². The van der Waals surface area contributed by atoms with E-state index in [-0.39, 0.29) is 5.91 Å². The Morgan fingerprint density at radius 2 is 1.84 bits per heavy atom. The fourth-order valence-electron chi connectivity index (χ4n) is 2.43. The van der Waals surface area contributed by atoms with E-state index in [0.717, 1.165) is 35.7 Å². The summed E-state index contributed by atoms with van der Waals surface area (Å²) in [4.78, 5) is 14.0. The summed E-state index contributed by atoms with van der Waals surface area (Å²) in [7, 11) is 3.55. The average molecular weight is 342 g/mol. The van der Waals surface area contributed by atoms with E-state index < -0.39 is 0 Å². The number of methoxy groups -OCH3 is 1. The predicted octanol–water partition coefficient (Wildman–Crippen LogP) is 3.34. The molecule has 134 valence electrons. The molecule has 2 rings (SSSR count). The number of carbonyl (C=O) groups is 1. The molecule has 0 fully saturated rings. The van der Waals surface area contributed by atoms with Gasteiger partial charge in [0.25, 0.3) is 0 Å². The van der Waals surface area contributed by atoms with Crippen LogP contribution in [0.3, 0.4) is 0 Å². The summed E-state index contributed by atoms with van der Waals surface area (Å²) >= 11 is 0. The number of hydrogen-bond donors (Lipinski definition) is 1. The van der Waals surface area contributed by atoms with Crippen LogP contribution in [0, 0.1) is 6.92 Å². The Balaban J connectivity index is 1.66. The quantitative estimate of drug-likeness (QED) is 0.710. The summed E-state index contributed by atoms with van der Waals surface area (Å²) in [5.41, 5.74) is 1.90. The molecule has 0 saturated heterocycles. The van der Waals surface area contributed by atoms with Crippen LogP contribution >= 0.6 is 0 Å². The number of amides is 1. The summed E-state index contributed by atoms with van der Waals surface area (Å²) in [6, 6.07) is 15.3. The van der Waals surface area contributed by atoms with Crippen molar-refractivity contribution in [2.75, 3.05) is 39.2 Å². The van der Waals surface area contributed by atoms with Crippen molar-refractivity contribution in [1.29, 1.82) is 0 Å². The molecule has 1 N–H and O–H groups in total. The van der Waals surface area contributed by atoms with E-state index in [4.69, 9.17) is 9.47 Å². The van der Waals surface area contributed by atoms with Crippen LogP contribution in [0.25, 0.3) is 0 Å². The average Bonchev–Trinajstić information content (AvgIpc) is 2.60. The van der Waals surface area contributed by atoms with Crippen molar-refractivity contribution < 1.29 is 14.3 Å². The molecule has 5 nitrogen and oxygen atoms in total. The van der Waals surface area contributed by atoms with E-state index in [1.807, 2.05) is 67.4 Å². The smallest absolute Gasteiger partial charge is 0.238 e. The first-order valence-electron chi connectivity index (χ1n) is 8.39. The SMILES string of the molecule is COc1ccc(NC(=O)CN(C)CCCOc2ccccc2C)cc1. The maximum Gasteiger partial charge on any atom is 0.238 e. The second-order valence-corrected chi connectivity index (χ2v) is 5.98. The van der Waals surface area contributed by atoms with Crippen LogP contribution in [0.5, 0.6) is 11.5 Å². The fraction of sp³-hybridized carbons (Fsp3) is 0.350. The molecule has 2 aromatic carbocycles. The Hall–Kier alpha value is -2.53. The number of anilines is 1. The van der Waals surface area contributed by atoms with Gasteiger partial charge in [-0.2, -0.15) is 0 Å².